The molecule has 7 heteroatoms. The van der Waals surface area contributed by atoms with Crippen LogP contribution in [0.1, 0.15) is 37.5 Å². The number of hydrogen-bond donors (Lipinski definition) is 0. The molecule has 1 aliphatic rings. The maximum absolute atomic E-state index is 10.1. The second kappa shape index (κ2) is 26.9. The first-order chi connectivity index (χ1) is 15.4. The molecule has 3 aromatic carbocycles. The molecule has 0 saturated heterocycles. The molecule has 0 aromatic heterocycles. The molecule has 0 spiro atoms. The van der Waals surface area contributed by atoms with Crippen LogP contribution in [0.5, 0.6) is 0 Å². The zero-order valence-corrected chi connectivity index (χ0v) is 23.1. The molecule has 0 saturated carbocycles. The summed E-state index contributed by atoms with van der Waals surface area (Å²) in [5, 5.41) is 30.3. The molecule has 0 N–H and O–H groups in total. The summed E-state index contributed by atoms with van der Waals surface area (Å²) in [6.45, 7) is 0. The number of hydrogen-bond acceptors (Lipinski definition) is 6. The Hall–Kier alpha value is -3.74. The number of carboxylic acids is 3. The van der Waals surface area contributed by atoms with Crippen LogP contribution in [0.2, 0.25) is 0 Å². The maximum atomic E-state index is 10.1. The van der Waals surface area contributed by atoms with Crippen LogP contribution in [0.4, 0.5) is 0 Å². The Labute approximate surface area is 236 Å². The SMILES string of the molecule is O=C([O-])c1ccccc1.O=C([O-])c1ccccc1.O=C([O-])c1ccccc1.[C-]1=CC=CC1.[CH3-].[CH3-].[CH3-].[CH3-].[Ti+3]. The molecule has 197 valence electrons. The fourth-order valence-electron chi connectivity index (χ4n) is 2.06. The van der Waals surface area contributed by atoms with E-state index >= 15 is 0 Å². The third kappa shape index (κ3) is 21.3. The van der Waals surface area contributed by atoms with Gasteiger partial charge in [0.05, 0.1) is 17.9 Å². The van der Waals surface area contributed by atoms with Crippen LogP contribution in [-0.4, -0.2) is 17.9 Å². The molecule has 0 amide bonds. The Balaban J connectivity index is -0.000000120. The fourth-order valence-corrected chi connectivity index (χ4v) is 2.06. The molecule has 0 fully saturated rings. The number of aromatic carboxylic acids is 3. The third-order valence-corrected chi connectivity index (χ3v) is 3.61. The Bertz CT molecular complexity index is 890. The van der Waals surface area contributed by atoms with Crippen LogP contribution in [0.3, 0.4) is 0 Å². The summed E-state index contributed by atoms with van der Waals surface area (Å²) in [6.07, 6.45) is 10.0. The smallest absolute Gasteiger partial charge is 0.545 e. The van der Waals surface area contributed by atoms with Crippen LogP contribution in [0, 0.1) is 35.8 Å². The quantitative estimate of drug-likeness (QED) is 0.374. The van der Waals surface area contributed by atoms with Crippen LogP contribution >= 0.6 is 0 Å². The van der Waals surface area contributed by atoms with Crippen molar-refractivity contribution in [3.8, 4) is 0 Å². The first-order valence-electron chi connectivity index (χ1n) is 9.42. The molecular formula is C30H32O6Ti-5. The minimum absolute atomic E-state index is 0. The zero-order valence-electron chi connectivity index (χ0n) is 21.5. The van der Waals surface area contributed by atoms with Crippen molar-refractivity contribution in [3.05, 3.63) is 162 Å². The van der Waals surface area contributed by atoms with E-state index in [1.165, 1.54) is 36.4 Å². The van der Waals surface area contributed by atoms with Crippen LogP contribution in [0.15, 0.2) is 109 Å². The van der Waals surface area contributed by atoms with Gasteiger partial charge in [-0.05, 0) is 16.7 Å². The van der Waals surface area contributed by atoms with Gasteiger partial charge in [-0.15, -0.1) is 6.42 Å². The monoisotopic (exact) mass is 536 g/mol. The molecule has 3 aromatic rings. The van der Waals surface area contributed by atoms with E-state index in [0.29, 0.717) is 0 Å². The van der Waals surface area contributed by atoms with Crippen molar-refractivity contribution >= 4 is 17.9 Å². The number of carboxylic acid groups (broad SMARTS) is 3. The van der Waals surface area contributed by atoms with E-state index in [1.807, 2.05) is 12.2 Å². The molecule has 0 unspecified atom stereocenters. The van der Waals surface area contributed by atoms with Gasteiger partial charge < -0.3 is 59.4 Å². The molecule has 1 radical (unpaired) electrons. The first kappa shape index (κ1) is 43.3. The molecule has 0 aliphatic heterocycles. The van der Waals surface area contributed by atoms with Crippen molar-refractivity contribution in [2.45, 2.75) is 6.42 Å². The van der Waals surface area contributed by atoms with Gasteiger partial charge in [0.15, 0.2) is 0 Å². The Kier molecular flexibility index (Phi) is 31.5. The van der Waals surface area contributed by atoms with E-state index in [4.69, 9.17) is 0 Å². The number of allylic oxidation sites excluding steroid dienone is 4. The van der Waals surface area contributed by atoms with E-state index in [-0.39, 0.29) is 68.1 Å². The number of rotatable bonds is 3. The molecule has 37 heavy (non-hydrogen) atoms. The van der Waals surface area contributed by atoms with E-state index in [0.717, 1.165) is 6.42 Å². The summed E-state index contributed by atoms with van der Waals surface area (Å²) in [6, 6.07) is 24.2. The van der Waals surface area contributed by atoms with Crippen LogP contribution < -0.4 is 15.3 Å². The summed E-state index contributed by atoms with van der Waals surface area (Å²) < 4.78 is 0. The minimum Gasteiger partial charge on any atom is -0.545 e. The second-order valence-electron chi connectivity index (χ2n) is 5.96. The Morgan fingerprint density at radius 2 is 0.811 bits per heavy atom. The summed E-state index contributed by atoms with van der Waals surface area (Å²) in [5.41, 5.74) is 0.660. The first-order valence-corrected chi connectivity index (χ1v) is 9.42. The molecule has 4 rings (SSSR count). The number of carbonyl (C=O) groups excluding carboxylic acids is 3. The predicted molar refractivity (Wildman–Crippen MR) is 140 cm³/mol. The maximum Gasteiger partial charge on any atom is 3.00 e. The predicted octanol–water partition coefficient (Wildman–Crippen LogP) is 3.25. The van der Waals surface area contributed by atoms with Gasteiger partial charge in [-0.3, -0.25) is 6.08 Å². The number of benzene rings is 3. The standard InChI is InChI=1S/3C7H6O2.C5H5.4CH3.Ti/c3*8-7(9)6-4-2-1-3-5-6;1-2-4-5-3-1;;;;;/h3*1-5H,(H,8,9);1-3H,4H2;4*1H3;/q;;;5*-1;+3/p-3. The summed E-state index contributed by atoms with van der Waals surface area (Å²) >= 11 is 0. The summed E-state index contributed by atoms with van der Waals surface area (Å²) in [5.74, 6) is -3.39. The van der Waals surface area contributed by atoms with Crippen LogP contribution in [0.25, 0.3) is 0 Å². The zero-order chi connectivity index (χ0) is 23.6. The van der Waals surface area contributed by atoms with Crippen LogP contribution in [-0.2, 0) is 21.7 Å². The Morgan fingerprint density at radius 3 is 0.919 bits per heavy atom. The van der Waals surface area contributed by atoms with Crippen molar-refractivity contribution in [2.24, 2.45) is 0 Å². The van der Waals surface area contributed by atoms with Gasteiger partial charge in [0.1, 0.15) is 0 Å². The molecule has 6 nitrogen and oxygen atoms in total. The largest absolute Gasteiger partial charge is 3.00 e. The van der Waals surface area contributed by atoms with Gasteiger partial charge in [-0.2, -0.15) is 6.08 Å². The van der Waals surface area contributed by atoms with Gasteiger partial charge in [0.2, 0.25) is 0 Å². The molecule has 0 atom stereocenters. The van der Waals surface area contributed by atoms with Gasteiger partial charge in [0, 0.05) is 0 Å². The number of carbonyl (C=O) groups is 3. The van der Waals surface area contributed by atoms with E-state index in [1.54, 1.807) is 54.6 Å². The van der Waals surface area contributed by atoms with Gasteiger partial charge in [-0.1, -0.05) is 91.0 Å². The Morgan fingerprint density at radius 1 is 0.541 bits per heavy atom. The van der Waals surface area contributed by atoms with Gasteiger partial charge in [0.25, 0.3) is 0 Å². The third-order valence-electron chi connectivity index (χ3n) is 3.61. The van der Waals surface area contributed by atoms with Crippen molar-refractivity contribution < 1.29 is 51.4 Å². The van der Waals surface area contributed by atoms with Crippen molar-refractivity contribution in [1.29, 1.82) is 0 Å². The minimum atomic E-state index is -1.13. The molecule has 1 aliphatic carbocycles. The van der Waals surface area contributed by atoms with Crippen molar-refractivity contribution in [2.75, 3.05) is 0 Å². The molecular weight excluding hydrogens is 504 g/mol. The van der Waals surface area contributed by atoms with Gasteiger partial charge >= 0.3 is 21.7 Å². The van der Waals surface area contributed by atoms with E-state index in [2.05, 4.69) is 12.2 Å². The van der Waals surface area contributed by atoms with E-state index < -0.39 is 17.9 Å². The molecule has 0 heterocycles. The van der Waals surface area contributed by atoms with Gasteiger partial charge in [-0.25, -0.2) is 12.2 Å². The van der Waals surface area contributed by atoms with Crippen molar-refractivity contribution in [1.82, 2.24) is 0 Å². The second-order valence-corrected chi connectivity index (χ2v) is 5.96. The summed E-state index contributed by atoms with van der Waals surface area (Å²) in [4.78, 5) is 30.3. The fraction of sp³-hybridized carbons (Fsp3) is 0.0333. The van der Waals surface area contributed by atoms with Crippen molar-refractivity contribution in [3.63, 3.8) is 0 Å². The van der Waals surface area contributed by atoms with E-state index in [9.17, 15) is 29.7 Å². The molecule has 0 bridgehead atoms. The normalized spacial score (nSPS) is 8.86. The average Bonchev–Trinajstić information content (AvgIpc) is 3.42. The summed E-state index contributed by atoms with van der Waals surface area (Å²) in [7, 11) is 0. The topological polar surface area (TPSA) is 120 Å². The average molecular weight is 536 g/mol.